The van der Waals surface area contributed by atoms with Crippen molar-refractivity contribution in [1.29, 1.82) is 0 Å². The van der Waals surface area contributed by atoms with Crippen molar-refractivity contribution in [2.24, 2.45) is 0 Å². The number of carbonyl (C=O) groups is 1. The largest absolute Gasteiger partial charge is 0.481 e. The van der Waals surface area contributed by atoms with Crippen LogP contribution >= 0.6 is 0 Å². The fraction of sp³-hybridized carbons (Fsp3) is 0.562. The molecule has 0 atom stereocenters. The topological polar surface area (TPSA) is 58.6 Å². The summed E-state index contributed by atoms with van der Waals surface area (Å²) in [4.78, 5) is 11.0. The SMILES string of the molecule is O=C(O)CC1(NCc2ccc3c(c2)COCC3)CCC1. The molecule has 1 fully saturated rings. The molecule has 1 aliphatic carbocycles. The maximum Gasteiger partial charge on any atom is 0.305 e. The van der Waals surface area contributed by atoms with Gasteiger partial charge >= 0.3 is 5.97 Å². The zero-order valence-corrected chi connectivity index (χ0v) is 11.7. The lowest BCUT2D eigenvalue weighted by molar-refractivity contribution is -0.139. The fourth-order valence-corrected chi connectivity index (χ4v) is 3.13. The normalized spacial score (nSPS) is 20.0. The molecule has 2 N–H and O–H groups in total. The molecule has 0 unspecified atom stereocenters. The van der Waals surface area contributed by atoms with Gasteiger partial charge in [0.15, 0.2) is 0 Å². The van der Waals surface area contributed by atoms with Gasteiger partial charge in [-0.25, -0.2) is 0 Å². The van der Waals surface area contributed by atoms with E-state index in [0.717, 1.165) is 38.8 Å². The number of rotatable bonds is 5. The number of hydrogen-bond acceptors (Lipinski definition) is 3. The molecule has 0 spiro atoms. The quantitative estimate of drug-likeness (QED) is 0.865. The van der Waals surface area contributed by atoms with Crippen LogP contribution in [-0.2, 0) is 29.1 Å². The highest BCUT2D eigenvalue weighted by Gasteiger charge is 2.38. The van der Waals surface area contributed by atoms with E-state index in [0.29, 0.717) is 6.61 Å². The van der Waals surface area contributed by atoms with Gasteiger partial charge in [0.1, 0.15) is 0 Å². The molecule has 1 heterocycles. The summed E-state index contributed by atoms with van der Waals surface area (Å²) in [5, 5.41) is 12.5. The number of nitrogens with one attached hydrogen (secondary N) is 1. The van der Waals surface area contributed by atoms with Gasteiger partial charge < -0.3 is 15.2 Å². The summed E-state index contributed by atoms with van der Waals surface area (Å²) < 4.78 is 5.48. The van der Waals surface area contributed by atoms with Gasteiger partial charge in [-0.1, -0.05) is 18.2 Å². The Hall–Kier alpha value is -1.39. The summed E-state index contributed by atoms with van der Waals surface area (Å²) in [6, 6.07) is 6.51. The minimum Gasteiger partial charge on any atom is -0.481 e. The Labute approximate surface area is 119 Å². The van der Waals surface area contributed by atoms with Crippen LogP contribution in [0.5, 0.6) is 0 Å². The van der Waals surface area contributed by atoms with E-state index in [-0.39, 0.29) is 12.0 Å². The standard InChI is InChI=1S/C16H21NO3/c18-15(19)9-16(5-1-6-16)17-10-12-2-3-13-4-7-20-11-14(13)8-12/h2-3,8,17H,1,4-7,9-11H2,(H,18,19). The van der Waals surface area contributed by atoms with Gasteiger partial charge in [-0.05, 0) is 42.4 Å². The number of hydrogen-bond donors (Lipinski definition) is 2. The van der Waals surface area contributed by atoms with Gasteiger partial charge in [0, 0.05) is 12.1 Å². The molecule has 4 nitrogen and oxygen atoms in total. The van der Waals surface area contributed by atoms with E-state index in [1.165, 1.54) is 16.7 Å². The highest BCUT2D eigenvalue weighted by molar-refractivity contribution is 5.68. The van der Waals surface area contributed by atoms with Crippen molar-refractivity contribution in [2.75, 3.05) is 6.61 Å². The van der Waals surface area contributed by atoms with Crippen LogP contribution in [0.25, 0.3) is 0 Å². The lowest BCUT2D eigenvalue weighted by Gasteiger charge is -2.42. The number of fused-ring (bicyclic) bond motifs is 1. The van der Waals surface area contributed by atoms with E-state index in [1.807, 2.05) is 0 Å². The second-order valence-corrected chi connectivity index (χ2v) is 5.96. The Morgan fingerprint density at radius 1 is 1.35 bits per heavy atom. The molecule has 1 saturated carbocycles. The predicted octanol–water partition coefficient (Wildman–Crippen LogP) is 2.25. The zero-order chi connectivity index (χ0) is 14.0. The minimum absolute atomic E-state index is 0.182. The van der Waals surface area contributed by atoms with Crippen LogP contribution in [0.15, 0.2) is 18.2 Å². The molecule has 0 amide bonds. The number of benzene rings is 1. The first-order chi connectivity index (χ1) is 9.67. The molecule has 3 rings (SSSR count). The van der Waals surface area contributed by atoms with E-state index in [4.69, 9.17) is 9.84 Å². The molecule has 0 bridgehead atoms. The molecule has 1 aromatic carbocycles. The van der Waals surface area contributed by atoms with Crippen molar-refractivity contribution in [3.05, 3.63) is 34.9 Å². The van der Waals surface area contributed by atoms with Crippen LogP contribution in [0.2, 0.25) is 0 Å². The minimum atomic E-state index is -0.712. The molecule has 4 heteroatoms. The lowest BCUT2D eigenvalue weighted by atomic mass is 9.74. The van der Waals surface area contributed by atoms with Gasteiger partial charge in [-0.15, -0.1) is 0 Å². The first-order valence-corrected chi connectivity index (χ1v) is 7.32. The van der Waals surface area contributed by atoms with Crippen molar-refractivity contribution < 1.29 is 14.6 Å². The Kier molecular flexibility index (Phi) is 3.76. The zero-order valence-electron chi connectivity index (χ0n) is 11.7. The average Bonchev–Trinajstić information content (AvgIpc) is 2.41. The van der Waals surface area contributed by atoms with Gasteiger partial charge in [0.2, 0.25) is 0 Å². The lowest BCUT2D eigenvalue weighted by Crippen LogP contribution is -2.51. The Morgan fingerprint density at radius 3 is 2.90 bits per heavy atom. The number of carboxylic acids is 1. The molecule has 20 heavy (non-hydrogen) atoms. The van der Waals surface area contributed by atoms with E-state index in [2.05, 4.69) is 23.5 Å². The maximum absolute atomic E-state index is 11.0. The number of ether oxygens (including phenoxy) is 1. The van der Waals surface area contributed by atoms with Gasteiger partial charge in [-0.3, -0.25) is 4.79 Å². The Bertz CT molecular complexity index is 508. The Morgan fingerprint density at radius 2 is 2.20 bits per heavy atom. The van der Waals surface area contributed by atoms with E-state index in [9.17, 15) is 4.79 Å². The first kappa shape index (κ1) is 13.6. The summed E-state index contributed by atoms with van der Waals surface area (Å²) in [5.41, 5.74) is 3.68. The monoisotopic (exact) mass is 275 g/mol. The van der Waals surface area contributed by atoms with E-state index >= 15 is 0 Å². The molecule has 1 aliphatic heterocycles. The maximum atomic E-state index is 11.0. The molecule has 1 aromatic rings. The van der Waals surface area contributed by atoms with Crippen LogP contribution in [0.1, 0.15) is 42.4 Å². The van der Waals surface area contributed by atoms with Crippen LogP contribution in [0.4, 0.5) is 0 Å². The van der Waals surface area contributed by atoms with Crippen molar-refractivity contribution in [3.63, 3.8) is 0 Å². The average molecular weight is 275 g/mol. The van der Waals surface area contributed by atoms with Gasteiger partial charge in [0.25, 0.3) is 0 Å². The third-order valence-electron chi connectivity index (χ3n) is 4.51. The summed E-state index contributed by atoms with van der Waals surface area (Å²) >= 11 is 0. The smallest absolute Gasteiger partial charge is 0.305 e. The molecular weight excluding hydrogens is 254 g/mol. The fourth-order valence-electron chi connectivity index (χ4n) is 3.13. The highest BCUT2D eigenvalue weighted by Crippen LogP contribution is 2.35. The third-order valence-corrected chi connectivity index (χ3v) is 4.51. The molecular formula is C16H21NO3. The predicted molar refractivity (Wildman–Crippen MR) is 75.5 cm³/mol. The third kappa shape index (κ3) is 2.86. The number of carboxylic acid groups (broad SMARTS) is 1. The second kappa shape index (κ2) is 5.54. The van der Waals surface area contributed by atoms with Crippen molar-refractivity contribution >= 4 is 5.97 Å². The molecule has 0 radical (unpaired) electrons. The van der Waals surface area contributed by atoms with Crippen molar-refractivity contribution in [1.82, 2.24) is 5.32 Å². The number of aliphatic carboxylic acids is 1. The molecule has 0 aromatic heterocycles. The molecule has 2 aliphatic rings. The second-order valence-electron chi connectivity index (χ2n) is 5.96. The Balaban J connectivity index is 1.64. The molecule has 0 saturated heterocycles. The van der Waals surface area contributed by atoms with Crippen LogP contribution < -0.4 is 5.32 Å². The summed E-state index contributed by atoms with van der Waals surface area (Å²) in [5.74, 6) is -0.712. The highest BCUT2D eigenvalue weighted by atomic mass is 16.5. The van der Waals surface area contributed by atoms with Crippen molar-refractivity contribution in [3.8, 4) is 0 Å². The summed E-state index contributed by atoms with van der Waals surface area (Å²) in [6.07, 6.45) is 4.27. The van der Waals surface area contributed by atoms with E-state index in [1.54, 1.807) is 0 Å². The van der Waals surface area contributed by atoms with Gasteiger partial charge in [-0.2, -0.15) is 0 Å². The van der Waals surface area contributed by atoms with Gasteiger partial charge in [0.05, 0.1) is 19.6 Å². The summed E-state index contributed by atoms with van der Waals surface area (Å²) in [6.45, 7) is 2.25. The van der Waals surface area contributed by atoms with Crippen LogP contribution in [0, 0.1) is 0 Å². The first-order valence-electron chi connectivity index (χ1n) is 7.32. The van der Waals surface area contributed by atoms with Crippen molar-refractivity contribution in [2.45, 2.75) is 50.8 Å². The van der Waals surface area contributed by atoms with E-state index < -0.39 is 5.97 Å². The van der Waals surface area contributed by atoms with Crippen LogP contribution in [-0.4, -0.2) is 23.2 Å². The summed E-state index contributed by atoms with van der Waals surface area (Å²) in [7, 11) is 0. The van der Waals surface area contributed by atoms with Crippen LogP contribution in [0.3, 0.4) is 0 Å². The molecule has 108 valence electrons.